The van der Waals surface area contributed by atoms with Crippen LogP contribution in [0.3, 0.4) is 0 Å². The summed E-state index contributed by atoms with van der Waals surface area (Å²) in [6, 6.07) is 4.35. The first-order valence-corrected chi connectivity index (χ1v) is 15.5. The quantitative estimate of drug-likeness (QED) is 0.453. The molecule has 10 nitrogen and oxygen atoms in total. The van der Waals surface area contributed by atoms with Crippen LogP contribution in [0, 0.1) is 5.41 Å². The number of aromatic carboxylic acids is 1. The molecule has 11 heteroatoms. The average Bonchev–Trinajstić information content (AvgIpc) is 3.57. The highest BCUT2D eigenvalue weighted by molar-refractivity contribution is 7.89. The van der Waals surface area contributed by atoms with E-state index in [1.807, 2.05) is 11.6 Å². The van der Waals surface area contributed by atoms with Gasteiger partial charge in [0, 0.05) is 39.4 Å². The van der Waals surface area contributed by atoms with E-state index < -0.39 is 16.0 Å². The van der Waals surface area contributed by atoms with Crippen LogP contribution in [0.15, 0.2) is 23.1 Å². The van der Waals surface area contributed by atoms with Gasteiger partial charge in [-0.25, -0.2) is 13.2 Å². The molecule has 3 aliphatic rings. The Bertz CT molecular complexity index is 1340. The lowest BCUT2D eigenvalue weighted by Gasteiger charge is -2.36. The zero-order chi connectivity index (χ0) is 27.6. The maximum absolute atomic E-state index is 13.1. The van der Waals surface area contributed by atoms with Crippen LogP contribution in [0.1, 0.15) is 83.1 Å². The van der Waals surface area contributed by atoms with Crippen LogP contribution in [0.4, 0.5) is 0 Å². The summed E-state index contributed by atoms with van der Waals surface area (Å²) in [6.45, 7) is 5.64. The molecule has 3 aliphatic heterocycles. The van der Waals surface area contributed by atoms with Gasteiger partial charge in [-0.3, -0.25) is 9.48 Å². The van der Waals surface area contributed by atoms with E-state index in [0.29, 0.717) is 69.8 Å². The van der Waals surface area contributed by atoms with Gasteiger partial charge in [-0.15, -0.1) is 0 Å². The Hall–Kier alpha value is -2.76. The van der Waals surface area contributed by atoms with Crippen molar-refractivity contribution in [3.05, 3.63) is 46.3 Å². The van der Waals surface area contributed by atoms with Crippen molar-refractivity contribution in [3.63, 3.8) is 0 Å². The van der Waals surface area contributed by atoms with Crippen molar-refractivity contribution in [1.29, 1.82) is 0 Å². The van der Waals surface area contributed by atoms with Crippen LogP contribution >= 0.6 is 0 Å². The minimum Gasteiger partial charge on any atom is -0.478 e. The molecule has 0 atom stereocenters. The fraction of sp³-hybridized carbons (Fsp3) is 0.607. The fourth-order valence-corrected chi connectivity index (χ4v) is 7.73. The minimum absolute atomic E-state index is 0.0282. The van der Waals surface area contributed by atoms with E-state index >= 15 is 0 Å². The predicted molar refractivity (Wildman–Crippen MR) is 144 cm³/mol. The van der Waals surface area contributed by atoms with Gasteiger partial charge in [-0.1, -0.05) is 6.92 Å². The van der Waals surface area contributed by atoms with Crippen LogP contribution in [0.25, 0.3) is 0 Å². The molecule has 1 spiro atoms. The Balaban J connectivity index is 1.32. The summed E-state index contributed by atoms with van der Waals surface area (Å²) < 4.78 is 35.2. The number of ether oxygens (including phenoxy) is 1. The number of carbonyl (C=O) groups is 2. The third-order valence-corrected chi connectivity index (χ3v) is 10.4. The van der Waals surface area contributed by atoms with Crippen molar-refractivity contribution in [2.24, 2.45) is 5.41 Å². The van der Waals surface area contributed by atoms with Crippen LogP contribution in [0.5, 0.6) is 0 Å². The molecule has 5 rings (SSSR count). The Morgan fingerprint density at radius 2 is 1.92 bits per heavy atom. The lowest BCUT2D eigenvalue weighted by molar-refractivity contribution is 0.0152. The zero-order valence-electron chi connectivity index (χ0n) is 22.6. The molecule has 0 radical (unpaired) electrons. The first kappa shape index (κ1) is 27.8. The highest BCUT2D eigenvalue weighted by Crippen LogP contribution is 2.37. The molecule has 39 heavy (non-hydrogen) atoms. The topological polar surface area (TPSA) is 131 Å². The second-order valence-electron chi connectivity index (χ2n) is 11.0. The number of hydrogen-bond acceptors (Lipinski definition) is 6. The molecule has 0 unspecified atom stereocenters. The summed E-state index contributed by atoms with van der Waals surface area (Å²) in [4.78, 5) is 25.1. The van der Waals surface area contributed by atoms with Gasteiger partial charge in [0.25, 0.3) is 5.91 Å². The van der Waals surface area contributed by atoms with Gasteiger partial charge in [0.15, 0.2) is 0 Å². The number of unbranched alkanes of at least 4 members (excludes halogenated alkanes) is 1. The molecular weight excluding hydrogens is 520 g/mol. The monoisotopic (exact) mass is 558 g/mol. The van der Waals surface area contributed by atoms with Gasteiger partial charge in [0.1, 0.15) is 0 Å². The summed E-state index contributed by atoms with van der Waals surface area (Å²) in [7, 11) is -3.63. The molecule has 2 saturated heterocycles. The standard InChI is InChI=1S/C28H38N4O6S/c1-2-23-25-24(18-28(19-29-26(25)33)10-15-38-16-11-28)32(30-23)14-4-3-7-20-17-21(8-9-22(20)27(34)35)39(36,37)31-12-5-6-13-31/h8-9,17H,2-7,10-16,18-19H2,1H3,(H,29,33)(H,34,35). The number of sulfonamides is 1. The van der Waals surface area contributed by atoms with Crippen molar-refractivity contribution >= 4 is 21.9 Å². The number of benzene rings is 1. The number of hydrogen-bond donors (Lipinski definition) is 2. The van der Waals surface area contributed by atoms with E-state index in [-0.39, 0.29) is 21.8 Å². The predicted octanol–water partition coefficient (Wildman–Crippen LogP) is 3.03. The fourth-order valence-electron chi connectivity index (χ4n) is 6.16. The van der Waals surface area contributed by atoms with E-state index in [1.54, 1.807) is 0 Å². The lowest BCUT2D eigenvalue weighted by atomic mass is 9.76. The summed E-state index contributed by atoms with van der Waals surface area (Å²) in [6.07, 6.45) is 6.74. The molecule has 0 saturated carbocycles. The van der Waals surface area contributed by atoms with Crippen LogP contribution in [-0.2, 0) is 40.6 Å². The minimum atomic E-state index is -3.63. The second-order valence-corrected chi connectivity index (χ2v) is 12.9. The number of nitrogens with one attached hydrogen (secondary N) is 1. The summed E-state index contributed by atoms with van der Waals surface area (Å²) in [5.41, 5.74) is 3.12. The largest absolute Gasteiger partial charge is 0.478 e. The Labute approximate surface area is 229 Å². The zero-order valence-corrected chi connectivity index (χ0v) is 23.4. The molecule has 1 amide bonds. The summed E-state index contributed by atoms with van der Waals surface area (Å²) >= 11 is 0. The molecule has 0 bridgehead atoms. The maximum atomic E-state index is 13.1. The Morgan fingerprint density at radius 1 is 1.18 bits per heavy atom. The Kier molecular flexibility index (Phi) is 8.11. The van der Waals surface area contributed by atoms with Crippen LogP contribution < -0.4 is 5.32 Å². The van der Waals surface area contributed by atoms with Crippen molar-refractivity contribution < 1.29 is 27.9 Å². The van der Waals surface area contributed by atoms with Gasteiger partial charge < -0.3 is 15.2 Å². The smallest absolute Gasteiger partial charge is 0.335 e. The normalized spacial score (nSPS) is 19.6. The van der Waals surface area contributed by atoms with E-state index in [0.717, 1.165) is 49.9 Å². The van der Waals surface area contributed by atoms with E-state index in [4.69, 9.17) is 9.84 Å². The SMILES string of the molecule is CCc1nn(CCCCc2cc(S(=O)(=O)N3CCCC3)ccc2C(=O)O)c2c1C(=O)NCC1(CCOCC1)C2. The van der Waals surface area contributed by atoms with Crippen LogP contribution in [-0.4, -0.2) is 72.3 Å². The number of rotatable bonds is 9. The number of aromatic nitrogens is 2. The molecule has 4 heterocycles. The molecule has 212 valence electrons. The number of amides is 1. The number of carbonyl (C=O) groups excluding carboxylic acids is 1. The third kappa shape index (κ3) is 5.62. The van der Waals surface area contributed by atoms with Gasteiger partial charge in [0.2, 0.25) is 10.0 Å². The average molecular weight is 559 g/mol. The summed E-state index contributed by atoms with van der Waals surface area (Å²) in [5, 5.41) is 17.7. The number of nitrogens with zero attached hydrogens (tertiary/aromatic N) is 3. The molecule has 1 aromatic heterocycles. The van der Waals surface area contributed by atoms with Crippen molar-refractivity contribution in [3.8, 4) is 0 Å². The van der Waals surface area contributed by atoms with Gasteiger partial charge >= 0.3 is 5.97 Å². The van der Waals surface area contributed by atoms with Gasteiger partial charge in [-0.2, -0.15) is 9.40 Å². The maximum Gasteiger partial charge on any atom is 0.335 e. The third-order valence-electron chi connectivity index (χ3n) is 8.49. The number of fused-ring (bicyclic) bond motifs is 1. The lowest BCUT2D eigenvalue weighted by Crippen LogP contribution is -2.40. The van der Waals surface area contributed by atoms with Crippen LogP contribution in [0.2, 0.25) is 0 Å². The van der Waals surface area contributed by atoms with E-state index in [2.05, 4.69) is 5.32 Å². The molecule has 2 N–H and O–H groups in total. The van der Waals surface area contributed by atoms with Gasteiger partial charge in [0.05, 0.1) is 27.4 Å². The van der Waals surface area contributed by atoms with Crippen molar-refractivity contribution in [1.82, 2.24) is 19.4 Å². The molecular formula is C28H38N4O6S. The highest BCUT2D eigenvalue weighted by atomic mass is 32.2. The number of aryl methyl sites for hydroxylation is 3. The van der Waals surface area contributed by atoms with Gasteiger partial charge in [-0.05, 0) is 87.0 Å². The first-order valence-electron chi connectivity index (χ1n) is 14.0. The van der Waals surface area contributed by atoms with E-state index in [9.17, 15) is 23.1 Å². The molecule has 2 aromatic rings. The van der Waals surface area contributed by atoms with Crippen molar-refractivity contribution in [2.75, 3.05) is 32.8 Å². The highest BCUT2D eigenvalue weighted by Gasteiger charge is 2.39. The number of carboxylic acid groups (broad SMARTS) is 1. The first-order chi connectivity index (χ1) is 18.7. The Morgan fingerprint density at radius 3 is 2.62 bits per heavy atom. The molecule has 2 fully saturated rings. The summed E-state index contributed by atoms with van der Waals surface area (Å²) in [5.74, 6) is -1.12. The molecule has 0 aliphatic carbocycles. The van der Waals surface area contributed by atoms with E-state index in [1.165, 1.54) is 22.5 Å². The van der Waals surface area contributed by atoms with Crippen molar-refractivity contribution in [2.45, 2.75) is 76.2 Å². The molecule has 1 aromatic carbocycles. The second kappa shape index (κ2) is 11.4. The number of carboxylic acids is 1.